The van der Waals surface area contributed by atoms with E-state index in [2.05, 4.69) is 22.3 Å². The molecule has 0 atom stereocenters. The van der Waals surface area contributed by atoms with E-state index in [0.717, 1.165) is 12.2 Å². The van der Waals surface area contributed by atoms with E-state index in [1.807, 2.05) is 26.2 Å². The zero-order chi connectivity index (χ0) is 14.6. The number of hydrogen-bond acceptors (Lipinski definition) is 5. The standard InChI is InChI=1S/C15H26N2O3/c1-17(2)15-7-5-4-6-14(15)16-8-9-19-12-13-20-11-10-18-3/h4-7,16H,8-13H2,1-3H3. The van der Waals surface area contributed by atoms with Crippen molar-refractivity contribution < 1.29 is 14.2 Å². The Morgan fingerprint density at radius 3 is 2.30 bits per heavy atom. The minimum absolute atomic E-state index is 0.609. The molecule has 0 saturated heterocycles. The van der Waals surface area contributed by atoms with Gasteiger partial charge >= 0.3 is 0 Å². The molecule has 0 aromatic heterocycles. The molecule has 0 unspecified atom stereocenters. The van der Waals surface area contributed by atoms with E-state index in [9.17, 15) is 0 Å². The van der Waals surface area contributed by atoms with Crippen LogP contribution in [0.15, 0.2) is 24.3 Å². The van der Waals surface area contributed by atoms with Crippen molar-refractivity contribution in [1.29, 1.82) is 0 Å². The second kappa shape index (κ2) is 10.5. The van der Waals surface area contributed by atoms with Gasteiger partial charge in [0.25, 0.3) is 0 Å². The first-order valence-electron chi connectivity index (χ1n) is 6.90. The first-order chi connectivity index (χ1) is 9.75. The van der Waals surface area contributed by atoms with Crippen LogP contribution in [0.4, 0.5) is 11.4 Å². The number of para-hydroxylation sites is 2. The molecule has 20 heavy (non-hydrogen) atoms. The first-order valence-corrected chi connectivity index (χ1v) is 6.90. The Bertz CT molecular complexity index is 359. The number of benzene rings is 1. The summed E-state index contributed by atoms with van der Waals surface area (Å²) in [6.07, 6.45) is 0. The largest absolute Gasteiger partial charge is 0.382 e. The minimum Gasteiger partial charge on any atom is -0.382 e. The van der Waals surface area contributed by atoms with Crippen molar-refractivity contribution in [3.63, 3.8) is 0 Å². The van der Waals surface area contributed by atoms with Gasteiger partial charge in [0.05, 0.1) is 44.4 Å². The number of nitrogens with zero attached hydrogens (tertiary/aromatic N) is 1. The average molecular weight is 282 g/mol. The molecular weight excluding hydrogens is 256 g/mol. The van der Waals surface area contributed by atoms with Gasteiger partial charge in [-0.2, -0.15) is 0 Å². The van der Waals surface area contributed by atoms with Gasteiger partial charge < -0.3 is 24.4 Å². The average Bonchev–Trinajstić information content (AvgIpc) is 2.46. The van der Waals surface area contributed by atoms with E-state index in [1.54, 1.807) is 7.11 Å². The van der Waals surface area contributed by atoms with Crippen molar-refractivity contribution in [2.24, 2.45) is 0 Å². The Labute approximate surface area is 121 Å². The molecule has 0 radical (unpaired) electrons. The van der Waals surface area contributed by atoms with Crippen LogP contribution in [0, 0.1) is 0 Å². The molecule has 0 aliphatic rings. The molecule has 0 aliphatic carbocycles. The van der Waals surface area contributed by atoms with Gasteiger partial charge in [0, 0.05) is 27.7 Å². The third kappa shape index (κ3) is 6.75. The predicted molar refractivity (Wildman–Crippen MR) is 82.8 cm³/mol. The Morgan fingerprint density at radius 2 is 1.60 bits per heavy atom. The summed E-state index contributed by atoms with van der Waals surface area (Å²) >= 11 is 0. The van der Waals surface area contributed by atoms with Crippen molar-refractivity contribution >= 4 is 11.4 Å². The van der Waals surface area contributed by atoms with Gasteiger partial charge in [-0.05, 0) is 12.1 Å². The number of ether oxygens (including phenoxy) is 3. The number of hydrogen-bond donors (Lipinski definition) is 1. The molecule has 0 bridgehead atoms. The van der Waals surface area contributed by atoms with E-state index in [0.29, 0.717) is 33.0 Å². The van der Waals surface area contributed by atoms with Crippen LogP contribution in [0.5, 0.6) is 0 Å². The fraction of sp³-hybridized carbons (Fsp3) is 0.600. The molecule has 1 aromatic carbocycles. The Hall–Kier alpha value is -1.30. The highest BCUT2D eigenvalue weighted by Crippen LogP contribution is 2.22. The van der Waals surface area contributed by atoms with Crippen LogP contribution in [-0.4, -0.2) is 60.8 Å². The van der Waals surface area contributed by atoms with E-state index < -0.39 is 0 Å². The van der Waals surface area contributed by atoms with Gasteiger partial charge in [-0.1, -0.05) is 12.1 Å². The van der Waals surface area contributed by atoms with Crippen molar-refractivity contribution in [2.45, 2.75) is 0 Å². The van der Waals surface area contributed by atoms with Gasteiger partial charge in [0.15, 0.2) is 0 Å². The topological polar surface area (TPSA) is 43.0 Å². The quantitative estimate of drug-likeness (QED) is 0.627. The summed E-state index contributed by atoms with van der Waals surface area (Å²) in [5.74, 6) is 0. The van der Waals surface area contributed by atoms with E-state index in [-0.39, 0.29) is 0 Å². The van der Waals surface area contributed by atoms with Gasteiger partial charge in [0.2, 0.25) is 0 Å². The molecule has 114 valence electrons. The van der Waals surface area contributed by atoms with E-state index in [1.165, 1.54) is 5.69 Å². The summed E-state index contributed by atoms with van der Waals surface area (Å²) in [5, 5.41) is 3.38. The minimum atomic E-state index is 0.609. The molecule has 1 N–H and O–H groups in total. The Kier molecular flexibility index (Phi) is 8.78. The summed E-state index contributed by atoms with van der Waals surface area (Å²) in [6.45, 7) is 3.91. The monoisotopic (exact) mass is 282 g/mol. The van der Waals surface area contributed by atoms with Gasteiger partial charge in [0.1, 0.15) is 0 Å². The van der Waals surface area contributed by atoms with E-state index in [4.69, 9.17) is 14.2 Å². The highest BCUT2D eigenvalue weighted by atomic mass is 16.5. The highest BCUT2D eigenvalue weighted by Gasteiger charge is 2.01. The third-order valence-corrected chi connectivity index (χ3v) is 2.75. The smallest absolute Gasteiger partial charge is 0.0701 e. The van der Waals surface area contributed by atoms with Crippen molar-refractivity contribution in [2.75, 3.05) is 71.0 Å². The van der Waals surface area contributed by atoms with E-state index >= 15 is 0 Å². The fourth-order valence-electron chi connectivity index (χ4n) is 1.74. The normalized spacial score (nSPS) is 10.6. The molecule has 0 spiro atoms. The molecule has 0 heterocycles. The lowest BCUT2D eigenvalue weighted by Crippen LogP contribution is -2.16. The lowest BCUT2D eigenvalue weighted by Gasteiger charge is -2.18. The summed E-state index contributed by atoms with van der Waals surface area (Å²) in [7, 11) is 5.74. The molecular formula is C15H26N2O3. The summed E-state index contributed by atoms with van der Waals surface area (Å²) < 4.78 is 15.7. The first kappa shape index (κ1) is 16.8. The van der Waals surface area contributed by atoms with Crippen molar-refractivity contribution in [3.8, 4) is 0 Å². The molecule has 1 rings (SSSR count). The van der Waals surface area contributed by atoms with Crippen molar-refractivity contribution in [3.05, 3.63) is 24.3 Å². The lowest BCUT2D eigenvalue weighted by molar-refractivity contribution is 0.0272. The van der Waals surface area contributed by atoms with Crippen LogP contribution in [0.1, 0.15) is 0 Å². The predicted octanol–water partition coefficient (Wildman–Crippen LogP) is 1.84. The Morgan fingerprint density at radius 1 is 0.950 bits per heavy atom. The fourth-order valence-corrected chi connectivity index (χ4v) is 1.74. The van der Waals surface area contributed by atoms with Crippen LogP contribution >= 0.6 is 0 Å². The summed E-state index contributed by atoms with van der Waals surface area (Å²) in [6, 6.07) is 8.23. The second-order valence-electron chi connectivity index (χ2n) is 4.56. The lowest BCUT2D eigenvalue weighted by atomic mass is 10.2. The maximum Gasteiger partial charge on any atom is 0.0701 e. The van der Waals surface area contributed by atoms with Crippen LogP contribution < -0.4 is 10.2 Å². The summed E-state index contributed by atoms with van der Waals surface area (Å²) in [4.78, 5) is 2.09. The highest BCUT2D eigenvalue weighted by molar-refractivity contribution is 5.69. The van der Waals surface area contributed by atoms with Crippen LogP contribution in [0.2, 0.25) is 0 Å². The third-order valence-electron chi connectivity index (χ3n) is 2.75. The zero-order valence-corrected chi connectivity index (χ0v) is 12.7. The molecule has 0 amide bonds. The zero-order valence-electron chi connectivity index (χ0n) is 12.7. The van der Waals surface area contributed by atoms with Gasteiger partial charge in [-0.25, -0.2) is 0 Å². The molecule has 1 aromatic rings. The van der Waals surface area contributed by atoms with Gasteiger partial charge in [-0.3, -0.25) is 0 Å². The maximum atomic E-state index is 5.49. The van der Waals surface area contributed by atoms with Gasteiger partial charge in [-0.15, -0.1) is 0 Å². The second-order valence-corrected chi connectivity index (χ2v) is 4.56. The molecule has 0 saturated carbocycles. The Balaban J connectivity index is 2.10. The van der Waals surface area contributed by atoms with Crippen LogP contribution in [0.25, 0.3) is 0 Å². The molecule has 5 nitrogen and oxygen atoms in total. The summed E-state index contributed by atoms with van der Waals surface area (Å²) in [5.41, 5.74) is 2.30. The maximum absolute atomic E-state index is 5.49. The number of anilines is 2. The molecule has 5 heteroatoms. The number of nitrogens with one attached hydrogen (secondary N) is 1. The number of methoxy groups -OCH3 is 1. The van der Waals surface area contributed by atoms with Crippen molar-refractivity contribution in [1.82, 2.24) is 0 Å². The molecule has 0 fully saturated rings. The van der Waals surface area contributed by atoms with Crippen LogP contribution in [0.3, 0.4) is 0 Å². The van der Waals surface area contributed by atoms with Crippen LogP contribution in [-0.2, 0) is 14.2 Å². The number of rotatable bonds is 11. The molecule has 0 aliphatic heterocycles. The SMILES string of the molecule is COCCOCCOCCNc1ccccc1N(C)C.